The van der Waals surface area contributed by atoms with Crippen LogP contribution in [-0.4, -0.2) is 12.9 Å². The molecule has 10 heavy (non-hydrogen) atoms. The van der Waals surface area contributed by atoms with Crippen molar-refractivity contribution in [3.8, 4) is 0 Å². The molecule has 0 aliphatic carbocycles. The molecule has 0 fully saturated rings. The van der Waals surface area contributed by atoms with E-state index in [1.807, 2.05) is 24.4 Å². The Labute approximate surface area is 60.7 Å². The van der Waals surface area contributed by atoms with E-state index in [-0.39, 0.29) is 0 Å². The zero-order valence-corrected chi connectivity index (χ0v) is 5.75. The highest BCUT2D eigenvalue weighted by Crippen LogP contribution is 1.93. The molecule has 0 spiro atoms. The third kappa shape index (κ3) is 2.31. The molecule has 0 radical (unpaired) electrons. The van der Waals surface area contributed by atoms with Crippen LogP contribution in [0.1, 0.15) is 0 Å². The van der Waals surface area contributed by atoms with Crippen LogP contribution in [-0.2, 0) is 0 Å². The SMILES string of the molecule is C=C1C=CNCN=C/C=C\1. The third-order valence-electron chi connectivity index (χ3n) is 1.10. The summed E-state index contributed by atoms with van der Waals surface area (Å²) in [5.41, 5.74) is 0.973. The zero-order chi connectivity index (χ0) is 7.23. The number of hydrogen-bond donors (Lipinski definition) is 1. The molecule has 1 heterocycles. The fourth-order valence-corrected chi connectivity index (χ4v) is 0.607. The molecule has 0 bridgehead atoms. The van der Waals surface area contributed by atoms with Gasteiger partial charge in [0.05, 0.1) is 0 Å². The number of rotatable bonds is 0. The van der Waals surface area contributed by atoms with Gasteiger partial charge in [-0.25, -0.2) is 0 Å². The van der Waals surface area contributed by atoms with Gasteiger partial charge in [0.2, 0.25) is 0 Å². The topological polar surface area (TPSA) is 24.4 Å². The maximum absolute atomic E-state index is 4.01. The van der Waals surface area contributed by atoms with Gasteiger partial charge in [0, 0.05) is 6.21 Å². The summed E-state index contributed by atoms with van der Waals surface area (Å²) < 4.78 is 0. The second-order valence-corrected chi connectivity index (χ2v) is 1.96. The molecular formula is C8H10N2. The lowest BCUT2D eigenvalue weighted by Crippen LogP contribution is -2.03. The first-order valence-electron chi connectivity index (χ1n) is 3.15. The quantitative estimate of drug-likeness (QED) is 0.529. The van der Waals surface area contributed by atoms with Crippen LogP contribution in [0.2, 0.25) is 0 Å². The van der Waals surface area contributed by atoms with E-state index in [1.54, 1.807) is 6.21 Å². The fraction of sp³-hybridized carbons (Fsp3) is 0.125. The molecule has 1 aliphatic rings. The predicted octanol–water partition coefficient (Wildman–Crippen LogP) is 1.24. The summed E-state index contributed by atoms with van der Waals surface area (Å²) in [7, 11) is 0. The molecule has 1 rings (SSSR count). The van der Waals surface area contributed by atoms with Gasteiger partial charge in [-0.3, -0.25) is 4.99 Å². The Balaban J connectivity index is 2.64. The number of nitrogens with zero attached hydrogens (tertiary/aromatic N) is 1. The van der Waals surface area contributed by atoms with Gasteiger partial charge in [0.25, 0.3) is 0 Å². The van der Waals surface area contributed by atoms with Crippen molar-refractivity contribution in [1.29, 1.82) is 0 Å². The minimum Gasteiger partial charge on any atom is -0.372 e. The fourth-order valence-electron chi connectivity index (χ4n) is 0.607. The summed E-state index contributed by atoms with van der Waals surface area (Å²) in [6.07, 6.45) is 9.29. The first-order valence-corrected chi connectivity index (χ1v) is 3.15. The molecule has 0 aromatic carbocycles. The van der Waals surface area contributed by atoms with Crippen LogP contribution in [0.4, 0.5) is 0 Å². The van der Waals surface area contributed by atoms with Crippen LogP contribution in [0, 0.1) is 0 Å². The second kappa shape index (κ2) is 3.67. The highest BCUT2D eigenvalue weighted by Gasteiger charge is 1.80. The Morgan fingerprint density at radius 1 is 1.50 bits per heavy atom. The van der Waals surface area contributed by atoms with E-state index in [9.17, 15) is 0 Å². The van der Waals surface area contributed by atoms with E-state index in [4.69, 9.17) is 0 Å². The number of allylic oxidation sites excluding steroid dienone is 4. The van der Waals surface area contributed by atoms with Crippen molar-refractivity contribution in [3.63, 3.8) is 0 Å². The zero-order valence-electron chi connectivity index (χ0n) is 5.75. The lowest BCUT2D eigenvalue weighted by Gasteiger charge is -1.90. The highest BCUT2D eigenvalue weighted by molar-refractivity contribution is 5.72. The largest absolute Gasteiger partial charge is 0.372 e. The molecule has 1 N–H and O–H groups in total. The first-order chi connectivity index (χ1) is 4.89. The summed E-state index contributed by atoms with van der Waals surface area (Å²) >= 11 is 0. The van der Waals surface area contributed by atoms with Gasteiger partial charge >= 0.3 is 0 Å². The van der Waals surface area contributed by atoms with E-state index >= 15 is 0 Å². The maximum Gasteiger partial charge on any atom is 0.107 e. The molecule has 0 aromatic heterocycles. The van der Waals surface area contributed by atoms with Gasteiger partial charge in [-0.2, -0.15) is 0 Å². The molecule has 2 nitrogen and oxygen atoms in total. The molecule has 1 aliphatic heterocycles. The van der Waals surface area contributed by atoms with Crippen LogP contribution >= 0.6 is 0 Å². The van der Waals surface area contributed by atoms with Gasteiger partial charge in [-0.15, -0.1) is 0 Å². The summed E-state index contributed by atoms with van der Waals surface area (Å²) in [5.74, 6) is 0. The van der Waals surface area contributed by atoms with Crippen LogP contribution in [0.3, 0.4) is 0 Å². The Kier molecular flexibility index (Phi) is 2.49. The van der Waals surface area contributed by atoms with Crippen molar-refractivity contribution in [2.75, 3.05) is 6.67 Å². The minimum absolute atomic E-state index is 0.633. The lowest BCUT2D eigenvalue weighted by atomic mass is 10.3. The predicted molar refractivity (Wildman–Crippen MR) is 43.9 cm³/mol. The van der Waals surface area contributed by atoms with Crippen molar-refractivity contribution in [1.82, 2.24) is 5.32 Å². The highest BCUT2D eigenvalue weighted by atomic mass is 15.0. The number of hydrogen-bond acceptors (Lipinski definition) is 2. The molecule has 0 saturated heterocycles. The third-order valence-corrected chi connectivity index (χ3v) is 1.10. The van der Waals surface area contributed by atoms with Gasteiger partial charge < -0.3 is 5.32 Å². The molecule has 2 heteroatoms. The normalized spacial score (nSPS) is 20.6. The van der Waals surface area contributed by atoms with Crippen LogP contribution in [0.25, 0.3) is 0 Å². The van der Waals surface area contributed by atoms with E-state index in [0.717, 1.165) is 5.57 Å². The summed E-state index contributed by atoms with van der Waals surface area (Å²) in [6.45, 7) is 4.42. The molecule has 0 unspecified atom stereocenters. The van der Waals surface area contributed by atoms with Crippen LogP contribution < -0.4 is 5.32 Å². The summed E-state index contributed by atoms with van der Waals surface area (Å²) in [6, 6.07) is 0. The van der Waals surface area contributed by atoms with Gasteiger partial charge in [-0.05, 0) is 23.9 Å². The van der Waals surface area contributed by atoms with Crippen molar-refractivity contribution in [3.05, 3.63) is 36.6 Å². The molecule has 0 saturated carbocycles. The Bertz CT molecular complexity index is 199. The van der Waals surface area contributed by atoms with Crippen molar-refractivity contribution in [2.45, 2.75) is 0 Å². The van der Waals surface area contributed by atoms with E-state index in [2.05, 4.69) is 16.9 Å². The number of nitrogens with one attached hydrogen (secondary N) is 1. The lowest BCUT2D eigenvalue weighted by molar-refractivity contribution is 0.889. The summed E-state index contributed by atoms with van der Waals surface area (Å²) in [5, 5.41) is 2.98. The molecular weight excluding hydrogens is 124 g/mol. The van der Waals surface area contributed by atoms with Crippen molar-refractivity contribution >= 4 is 6.21 Å². The monoisotopic (exact) mass is 134 g/mol. The van der Waals surface area contributed by atoms with Gasteiger partial charge in [0.15, 0.2) is 0 Å². The molecule has 0 amide bonds. The second-order valence-electron chi connectivity index (χ2n) is 1.96. The van der Waals surface area contributed by atoms with Crippen LogP contribution in [0.15, 0.2) is 41.6 Å². The van der Waals surface area contributed by atoms with Crippen molar-refractivity contribution < 1.29 is 0 Å². The summed E-state index contributed by atoms with van der Waals surface area (Å²) in [4.78, 5) is 4.01. The first kappa shape index (κ1) is 6.81. The van der Waals surface area contributed by atoms with E-state index in [0.29, 0.717) is 6.67 Å². The Morgan fingerprint density at radius 3 is 3.30 bits per heavy atom. The number of aliphatic imine (C=N–C) groups is 1. The Morgan fingerprint density at radius 2 is 2.40 bits per heavy atom. The van der Waals surface area contributed by atoms with Gasteiger partial charge in [-0.1, -0.05) is 12.7 Å². The average Bonchev–Trinajstić information content (AvgIpc) is 2.02. The van der Waals surface area contributed by atoms with Crippen molar-refractivity contribution in [2.24, 2.45) is 4.99 Å². The molecule has 0 aromatic rings. The van der Waals surface area contributed by atoms with Crippen LogP contribution in [0.5, 0.6) is 0 Å². The molecule has 0 atom stereocenters. The Hall–Kier alpha value is -1.31. The van der Waals surface area contributed by atoms with Gasteiger partial charge in [0.1, 0.15) is 6.67 Å². The van der Waals surface area contributed by atoms with E-state index < -0.39 is 0 Å². The average molecular weight is 134 g/mol. The minimum atomic E-state index is 0.633. The maximum atomic E-state index is 4.01. The smallest absolute Gasteiger partial charge is 0.107 e. The standard InChI is InChI=1S/C8H10N2/c1-8-3-2-5-9-7-10-6-4-8/h2-6,10H,1,7H2/b3-2-,6-4?,9-5?. The molecule has 52 valence electrons. The van der Waals surface area contributed by atoms with E-state index in [1.165, 1.54) is 0 Å².